The van der Waals surface area contributed by atoms with Gasteiger partial charge in [-0.1, -0.05) is 17.7 Å². The van der Waals surface area contributed by atoms with E-state index < -0.39 is 46.2 Å². The monoisotopic (exact) mass is 433 g/mol. The van der Waals surface area contributed by atoms with Crippen LogP contribution in [-0.4, -0.2) is 15.0 Å². The third-order valence-corrected chi connectivity index (χ3v) is 4.27. The molecule has 2 aromatic heterocycles. The quantitative estimate of drug-likeness (QED) is 0.584. The van der Waals surface area contributed by atoms with E-state index >= 15 is 0 Å². The number of aromatic amines is 1. The molecule has 0 aliphatic carbocycles. The van der Waals surface area contributed by atoms with Crippen LogP contribution in [0.1, 0.15) is 22.4 Å². The lowest BCUT2D eigenvalue weighted by Gasteiger charge is -2.14. The van der Waals surface area contributed by atoms with E-state index in [2.05, 4.69) is 15.0 Å². The van der Waals surface area contributed by atoms with Crippen LogP contribution in [0.25, 0.3) is 11.4 Å². The molecule has 0 saturated heterocycles. The first-order chi connectivity index (χ1) is 13.5. The van der Waals surface area contributed by atoms with Crippen LogP contribution in [0, 0.1) is 0 Å². The predicted molar refractivity (Wildman–Crippen MR) is 92.4 cm³/mol. The van der Waals surface area contributed by atoms with E-state index in [9.17, 15) is 31.1 Å². The number of nitrogens with zero attached hydrogens (tertiary/aromatic N) is 2. The van der Waals surface area contributed by atoms with Gasteiger partial charge < -0.3 is 4.98 Å². The van der Waals surface area contributed by atoms with E-state index in [0.717, 1.165) is 12.1 Å². The molecule has 0 fully saturated rings. The van der Waals surface area contributed by atoms with Gasteiger partial charge in [-0.2, -0.15) is 26.3 Å². The molecule has 0 saturated carbocycles. The molecule has 0 aliphatic heterocycles. The lowest BCUT2D eigenvalue weighted by Crippen LogP contribution is -2.24. The molecule has 0 radical (unpaired) electrons. The minimum atomic E-state index is -5.00. The average molecular weight is 434 g/mol. The largest absolute Gasteiger partial charge is 0.433 e. The van der Waals surface area contributed by atoms with Crippen molar-refractivity contribution in [3.8, 4) is 11.4 Å². The van der Waals surface area contributed by atoms with Crippen LogP contribution in [0.15, 0.2) is 47.5 Å². The summed E-state index contributed by atoms with van der Waals surface area (Å²) in [6, 6.07) is 5.49. The molecule has 0 atom stereocenters. The van der Waals surface area contributed by atoms with Crippen molar-refractivity contribution in [1.29, 1.82) is 0 Å². The number of hydrogen-bond acceptors (Lipinski definition) is 3. The summed E-state index contributed by atoms with van der Waals surface area (Å²) in [4.78, 5) is 21.8. The first-order valence-corrected chi connectivity index (χ1v) is 8.31. The topological polar surface area (TPSA) is 58.6 Å². The summed E-state index contributed by atoms with van der Waals surface area (Å²) in [5, 5.41) is -0.601. The van der Waals surface area contributed by atoms with Crippen LogP contribution < -0.4 is 5.56 Å². The van der Waals surface area contributed by atoms with Crippen LogP contribution in [0.3, 0.4) is 0 Å². The highest BCUT2D eigenvalue weighted by Gasteiger charge is 2.38. The molecular formula is C18H10ClF6N3O. The van der Waals surface area contributed by atoms with Gasteiger partial charge in [0, 0.05) is 24.4 Å². The van der Waals surface area contributed by atoms with E-state index in [4.69, 9.17) is 11.6 Å². The van der Waals surface area contributed by atoms with Gasteiger partial charge in [0.25, 0.3) is 5.56 Å². The molecule has 29 heavy (non-hydrogen) atoms. The second-order valence-electron chi connectivity index (χ2n) is 5.97. The van der Waals surface area contributed by atoms with Crippen LogP contribution in [0.5, 0.6) is 0 Å². The van der Waals surface area contributed by atoms with E-state index in [0.29, 0.717) is 6.07 Å². The Balaban J connectivity index is 2.12. The Kier molecular flexibility index (Phi) is 5.40. The van der Waals surface area contributed by atoms with Crippen molar-refractivity contribution in [2.24, 2.45) is 0 Å². The fourth-order valence-electron chi connectivity index (χ4n) is 2.64. The normalized spacial score (nSPS) is 12.2. The molecule has 0 unspecified atom stereocenters. The Morgan fingerprint density at radius 2 is 1.76 bits per heavy atom. The van der Waals surface area contributed by atoms with Gasteiger partial charge in [-0.3, -0.25) is 9.78 Å². The average Bonchev–Trinajstić information content (AvgIpc) is 2.63. The minimum absolute atomic E-state index is 0.146. The molecule has 0 bridgehead atoms. The highest BCUT2D eigenvalue weighted by molar-refractivity contribution is 6.31. The minimum Gasteiger partial charge on any atom is -0.306 e. The van der Waals surface area contributed by atoms with Crippen LogP contribution >= 0.6 is 11.6 Å². The maximum atomic E-state index is 13.5. The number of nitrogens with one attached hydrogen (secondary N) is 1. The van der Waals surface area contributed by atoms with E-state index in [1.165, 1.54) is 24.5 Å². The fourth-order valence-corrected chi connectivity index (χ4v) is 2.86. The molecule has 1 aromatic carbocycles. The summed E-state index contributed by atoms with van der Waals surface area (Å²) >= 11 is 5.52. The Bertz CT molecular complexity index is 1090. The lowest BCUT2D eigenvalue weighted by atomic mass is 10.0. The number of hydrogen-bond donors (Lipinski definition) is 1. The van der Waals surface area contributed by atoms with Gasteiger partial charge in [0.15, 0.2) is 5.69 Å². The number of halogens is 7. The maximum Gasteiger partial charge on any atom is 0.433 e. The van der Waals surface area contributed by atoms with Crippen molar-refractivity contribution in [3.05, 3.63) is 80.5 Å². The lowest BCUT2D eigenvalue weighted by molar-refractivity contribution is -0.142. The molecule has 152 valence electrons. The number of benzene rings is 1. The molecular weight excluding hydrogens is 424 g/mol. The second kappa shape index (κ2) is 7.51. The Hall–Kier alpha value is -2.88. The van der Waals surface area contributed by atoms with Crippen molar-refractivity contribution in [1.82, 2.24) is 15.0 Å². The molecule has 3 aromatic rings. The molecule has 0 spiro atoms. The predicted octanol–water partition coefficient (Wildman–Crippen LogP) is 5.11. The smallest absolute Gasteiger partial charge is 0.306 e. The zero-order valence-electron chi connectivity index (χ0n) is 14.2. The van der Waals surface area contributed by atoms with Crippen molar-refractivity contribution >= 4 is 11.6 Å². The van der Waals surface area contributed by atoms with Gasteiger partial charge in [0.2, 0.25) is 0 Å². The molecule has 1 N–H and O–H groups in total. The summed E-state index contributed by atoms with van der Waals surface area (Å²) < 4.78 is 79.6. The Morgan fingerprint density at radius 3 is 2.34 bits per heavy atom. The van der Waals surface area contributed by atoms with Gasteiger partial charge >= 0.3 is 12.4 Å². The standard InChI is InChI=1S/C18H10ClF6N3O/c19-13-4-3-9(7-12(13)17(20,21)22)6-11-14(18(23,24)25)27-15(28-16(11)29)10-2-1-5-26-8-10/h1-5,7-8H,6H2,(H,27,28,29). The van der Waals surface area contributed by atoms with Crippen LogP contribution in [-0.2, 0) is 18.8 Å². The van der Waals surface area contributed by atoms with Crippen LogP contribution in [0.4, 0.5) is 26.3 Å². The molecule has 0 amide bonds. The third kappa shape index (κ3) is 4.58. The summed E-state index contributed by atoms with van der Waals surface area (Å²) in [5.41, 5.74) is -4.64. The van der Waals surface area contributed by atoms with Gasteiger partial charge in [-0.25, -0.2) is 4.98 Å². The number of H-pyrrole nitrogens is 1. The maximum absolute atomic E-state index is 13.5. The van der Waals surface area contributed by atoms with E-state index in [1.807, 2.05) is 0 Å². The van der Waals surface area contributed by atoms with Crippen molar-refractivity contribution in [3.63, 3.8) is 0 Å². The SMILES string of the molecule is O=c1[nH]c(-c2cccnc2)nc(C(F)(F)F)c1Cc1ccc(Cl)c(C(F)(F)F)c1. The third-order valence-electron chi connectivity index (χ3n) is 3.94. The summed E-state index contributed by atoms with van der Waals surface area (Å²) in [6.07, 6.45) is -7.91. The molecule has 4 nitrogen and oxygen atoms in total. The first kappa shape index (κ1) is 20.8. The van der Waals surface area contributed by atoms with Crippen molar-refractivity contribution < 1.29 is 26.3 Å². The van der Waals surface area contributed by atoms with Gasteiger partial charge in [-0.15, -0.1) is 0 Å². The number of aromatic nitrogens is 3. The van der Waals surface area contributed by atoms with Crippen molar-refractivity contribution in [2.45, 2.75) is 18.8 Å². The number of alkyl halides is 6. The number of rotatable bonds is 3. The second-order valence-corrected chi connectivity index (χ2v) is 6.38. The summed E-state index contributed by atoms with van der Waals surface area (Å²) in [5.74, 6) is -0.355. The summed E-state index contributed by atoms with van der Waals surface area (Å²) in [6.45, 7) is 0. The Morgan fingerprint density at radius 1 is 1.03 bits per heavy atom. The molecule has 11 heteroatoms. The zero-order valence-corrected chi connectivity index (χ0v) is 15.0. The first-order valence-electron chi connectivity index (χ1n) is 7.93. The highest BCUT2D eigenvalue weighted by Crippen LogP contribution is 2.36. The van der Waals surface area contributed by atoms with Gasteiger partial charge in [0.05, 0.1) is 16.1 Å². The van der Waals surface area contributed by atoms with Crippen molar-refractivity contribution in [2.75, 3.05) is 0 Å². The highest BCUT2D eigenvalue weighted by atomic mass is 35.5. The summed E-state index contributed by atoms with van der Waals surface area (Å²) in [7, 11) is 0. The van der Waals surface area contributed by atoms with Gasteiger partial charge in [0.1, 0.15) is 5.82 Å². The Labute approximate surface area is 164 Å². The number of pyridine rings is 1. The molecule has 2 heterocycles. The van der Waals surface area contributed by atoms with E-state index in [-0.39, 0.29) is 17.0 Å². The zero-order chi connectivity index (χ0) is 21.4. The fraction of sp³-hybridized carbons (Fsp3) is 0.167. The van der Waals surface area contributed by atoms with Gasteiger partial charge in [-0.05, 0) is 29.8 Å². The molecule has 0 aliphatic rings. The van der Waals surface area contributed by atoms with Crippen LogP contribution in [0.2, 0.25) is 5.02 Å². The van der Waals surface area contributed by atoms with E-state index in [1.54, 1.807) is 0 Å². The molecule has 3 rings (SSSR count).